The van der Waals surface area contributed by atoms with Gasteiger partial charge in [0.15, 0.2) is 0 Å². The van der Waals surface area contributed by atoms with Crippen LogP contribution in [0.25, 0.3) is 16.8 Å². The van der Waals surface area contributed by atoms with Crippen LogP contribution in [0.4, 0.5) is 5.95 Å². The number of carbonyl (C=O) groups is 2. The number of halogens is 1. The number of fused-ring (bicyclic) bond motifs is 1. The number of Topliss-reactive ketones (excluding diaryl/α,β-unsaturated/α-hetero) is 1. The summed E-state index contributed by atoms with van der Waals surface area (Å²) in [5.74, 6) is -0.777. The molecule has 9 heteroatoms. The number of ether oxygens (including phenoxy) is 2. The van der Waals surface area contributed by atoms with Gasteiger partial charge < -0.3 is 19.6 Å². The summed E-state index contributed by atoms with van der Waals surface area (Å²) in [4.78, 5) is 36.1. The third-order valence-corrected chi connectivity index (χ3v) is 6.70. The van der Waals surface area contributed by atoms with Crippen molar-refractivity contribution in [2.45, 2.75) is 39.8 Å². The maximum absolute atomic E-state index is 13.5. The molecule has 0 bridgehead atoms. The topological polar surface area (TPSA) is 105 Å². The Morgan fingerprint density at radius 2 is 1.79 bits per heavy atom. The lowest BCUT2D eigenvalue weighted by atomic mass is 9.95. The van der Waals surface area contributed by atoms with Gasteiger partial charge in [-0.3, -0.25) is 14.5 Å². The number of anilines is 1. The lowest BCUT2D eigenvalue weighted by Crippen LogP contribution is -2.30. The molecule has 0 saturated carbocycles. The third kappa shape index (κ3) is 4.95. The summed E-state index contributed by atoms with van der Waals surface area (Å²) < 4.78 is 11.3. The molecule has 1 aromatic heterocycles. The van der Waals surface area contributed by atoms with Crippen molar-refractivity contribution >= 4 is 46.0 Å². The first kappa shape index (κ1) is 26.3. The van der Waals surface area contributed by atoms with Crippen LogP contribution in [0.5, 0.6) is 11.5 Å². The maximum Gasteiger partial charge on any atom is 0.302 e. The van der Waals surface area contributed by atoms with Crippen LogP contribution in [0.1, 0.15) is 43.5 Å². The number of hydrogen-bond acceptors (Lipinski definition) is 6. The fourth-order valence-corrected chi connectivity index (χ4v) is 4.89. The number of nitrogens with one attached hydrogen (secondary N) is 1. The minimum absolute atomic E-state index is 0.0275. The number of benzene rings is 3. The molecule has 200 valence electrons. The summed E-state index contributed by atoms with van der Waals surface area (Å²) in [7, 11) is 0. The number of aliphatic hydroxyl groups is 1. The molecule has 39 heavy (non-hydrogen) atoms. The van der Waals surface area contributed by atoms with Crippen molar-refractivity contribution in [1.82, 2.24) is 9.97 Å². The van der Waals surface area contributed by atoms with Gasteiger partial charge in [-0.15, -0.1) is 0 Å². The third-order valence-electron chi connectivity index (χ3n) is 6.37. The van der Waals surface area contributed by atoms with Crippen molar-refractivity contribution in [1.29, 1.82) is 0 Å². The summed E-state index contributed by atoms with van der Waals surface area (Å²) in [5, 5.41) is 11.7. The highest BCUT2D eigenvalue weighted by Gasteiger charge is 2.48. The molecular formula is C30H28ClN3O5. The fourth-order valence-electron chi connectivity index (χ4n) is 4.68. The molecule has 1 amide bonds. The highest BCUT2D eigenvalue weighted by molar-refractivity contribution is 6.51. The number of aromatic nitrogens is 2. The number of imidazole rings is 1. The number of H-pyrrole nitrogens is 1. The van der Waals surface area contributed by atoms with Crippen LogP contribution in [-0.2, 0) is 9.59 Å². The summed E-state index contributed by atoms with van der Waals surface area (Å²) in [6, 6.07) is 16.5. The molecule has 8 nitrogen and oxygen atoms in total. The molecule has 5 rings (SSSR count). The van der Waals surface area contributed by atoms with E-state index in [4.69, 9.17) is 21.1 Å². The summed E-state index contributed by atoms with van der Waals surface area (Å²) in [6.07, 6.45) is -0.0275. The molecule has 1 aliphatic rings. The SMILES string of the molecule is CCOc1ccc(Cl)c(/C(O)=C2\C(=O)C(=O)N(c3nc4ccc(C)cc4[nH]3)C2c2ccc(OC(C)C)cc2)c1. The summed E-state index contributed by atoms with van der Waals surface area (Å²) >= 11 is 6.44. The van der Waals surface area contributed by atoms with Crippen molar-refractivity contribution in [3.8, 4) is 11.5 Å². The number of carbonyl (C=O) groups excluding carboxylic acids is 2. The number of aliphatic hydroxyl groups excluding tert-OH is 1. The Kier molecular flexibility index (Phi) is 7.06. The monoisotopic (exact) mass is 545 g/mol. The molecule has 0 radical (unpaired) electrons. The smallest absolute Gasteiger partial charge is 0.302 e. The van der Waals surface area contributed by atoms with E-state index >= 15 is 0 Å². The van der Waals surface area contributed by atoms with Crippen LogP contribution in [0.2, 0.25) is 5.02 Å². The molecule has 1 unspecified atom stereocenters. The standard InChI is InChI=1S/C30H28ClN3O5/c1-5-38-20-11-12-22(31)21(15-20)27(35)25-26(18-7-9-19(10-8-18)39-16(2)3)34(29(37)28(25)36)30-32-23-13-6-17(4)14-24(23)33-30/h6-16,26,35H,5H2,1-4H3,(H,32,33)/b27-25+. The minimum Gasteiger partial charge on any atom is -0.507 e. The van der Waals surface area contributed by atoms with Crippen molar-refractivity contribution in [2.75, 3.05) is 11.5 Å². The van der Waals surface area contributed by atoms with E-state index in [-0.39, 0.29) is 28.2 Å². The molecule has 2 heterocycles. The number of aryl methyl sites for hydroxylation is 1. The van der Waals surface area contributed by atoms with Gasteiger partial charge in [-0.25, -0.2) is 4.98 Å². The van der Waals surface area contributed by atoms with E-state index in [0.29, 0.717) is 29.2 Å². The second-order valence-electron chi connectivity index (χ2n) is 9.56. The number of rotatable bonds is 7. The van der Waals surface area contributed by atoms with E-state index in [1.54, 1.807) is 42.5 Å². The predicted molar refractivity (Wildman–Crippen MR) is 150 cm³/mol. The number of amides is 1. The van der Waals surface area contributed by atoms with Crippen LogP contribution in [-0.4, -0.2) is 39.5 Å². The van der Waals surface area contributed by atoms with Gasteiger partial charge in [0.1, 0.15) is 17.3 Å². The lowest BCUT2D eigenvalue weighted by molar-refractivity contribution is -0.132. The molecule has 4 aromatic rings. The molecule has 1 fully saturated rings. The van der Waals surface area contributed by atoms with E-state index in [2.05, 4.69) is 9.97 Å². The predicted octanol–water partition coefficient (Wildman–Crippen LogP) is 6.34. The zero-order chi connectivity index (χ0) is 27.8. The van der Waals surface area contributed by atoms with Gasteiger partial charge in [0.25, 0.3) is 5.78 Å². The van der Waals surface area contributed by atoms with Crippen molar-refractivity contribution in [3.63, 3.8) is 0 Å². The molecule has 0 aliphatic carbocycles. The van der Waals surface area contributed by atoms with Gasteiger partial charge in [-0.05, 0) is 81.3 Å². The zero-order valence-electron chi connectivity index (χ0n) is 22.0. The van der Waals surface area contributed by atoms with Gasteiger partial charge in [-0.2, -0.15) is 0 Å². The Morgan fingerprint density at radius 3 is 2.49 bits per heavy atom. The van der Waals surface area contributed by atoms with Gasteiger partial charge in [0, 0.05) is 5.56 Å². The highest BCUT2D eigenvalue weighted by Crippen LogP contribution is 2.43. The first-order chi connectivity index (χ1) is 18.7. The van der Waals surface area contributed by atoms with Crippen LogP contribution in [0.3, 0.4) is 0 Å². The second kappa shape index (κ2) is 10.5. The van der Waals surface area contributed by atoms with Crippen molar-refractivity contribution in [3.05, 3.63) is 87.9 Å². The largest absolute Gasteiger partial charge is 0.507 e. The number of nitrogens with zero attached hydrogens (tertiary/aromatic N) is 2. The average Bonchev–Trinajstić information content (AvgIpc) is 3.42. The van der Waals surface area contributed by atoms with Crippen LogP contribution < -0.4 is 14.4 Å². The molecule has 2 N–H and O–H groups in total. The van der Waals surface area contributed by atoms with Crippen LogP contribution >= 0.6 is 11.6 Å². The van der Waals surface area contributed by atoms with E-state index in [9.17, 15) is 14.7 Å². The number of ketones is 1. The highest BCUT2D eigenvalue weighted by atomic mass is 35.5. The molecule has 1 atom stereocenters. The fraction of sp³-hybridized carbons (Fsp3) is 0.233. The number of aromatic amines is 1. The van der Waals surface area contributed by atoms with Crippen LogP contribution in [0, 0.1) is 6.92 Å². The van der Waals surface area contributed by atoms with E-state index in [1.807, 2.05) is 45.9 Å². The van der Waals surface area contributed by atoms with Crippen molar-refractivity contribution < 1.29 is 24.2 Å². The molecule has 3 aromatic carbocycles. The Morgan fingerprint density at radius 1 is 1.08 bits per heavy atom. The Labute approximate surface area is 230 Å². The maximum atomic E-state index is 13.5. The lowest BCUT2D eigenvalue weighted by Gasteiger charge is -2.23. The Balaban J connectivity index is 1.70. The molecule has 0 spiro atoms. The Bertz CT molecular complexity index is 1610. The molecule has 1 aliphatic heterocycles. The van der Waals surface area contributed by atoms with E-state index in [0.717, 1.165) is 11.1 Å². The molecule has 1 saturated heterocycles. The summed E-state index contributed by atoms with van der Waals surface area (Å²) in [6.45, 7) is 8.04. The minimum atomic E-state index is -0.980. The second-order valence-corrected chi connectivity index (χ2v) is 9.97. The first-order valence-electron chi connectivity index (χ1n) is 12.6. The quantitative estimate of drug-likeness (QED) is 0.159. The van der Waals surface area contributed by atoms with Gasteiger partial charge in [-0.1, -0.05) is 29.8 Å². The van der Waals surface area contributed by atoms with Gasteiger partial charge in [0.2, 0.25) is 5.95 Å². The normalized spacial score (nSPS) is 16.9. The van der Waals surface area contributed by atoms with Gasteiger partial charge in [0.05, 0.1) is 40.4 Å². The molecular weight excluding hydrogens is 518 g/mol. The number of hydrogen-bond donors (Lipinski definition) is 2. The zero-order valence-corrected chi connectivity index (χ0v) is 22.7. The summed E-state index contributed by atoms with van der Waals surface area (Å²) in [5.41, 5.74) is 3.04. The van der Waals surface area contributed by atoms with Crippen molar-refractivity contribution in [2.24, 2.45) is 0 Å². The average molecular weight is 546 g/mol. The van der Waals surface area contributed by atoms with Gasteiger partial charge >= 0.3 is 5.91 Å². The van der Waals surface area contributed by atoms with E-state index in [1.165, 1.54) is 4.90 Å². The van der Waals surface area contributed by atoms with E-state index < -0.39 is 23.5 Å². The Hall–Kier alpha value is -4.30. The van der Waals surface area contributed by atoms with Crippen LogP contribution in [0.15, 0.2) is 66.2 Å². The first-order valence-corrected chi connectivity index (χ1v) is 13.0.